The van der Waals surface area contributed by atoms with Crippen molar-refractivity contribution in [3.8, 4) is 5.88 Å². The van der Waals surface area contributed by atoms with Crippen LogP contribution in [0.1, 0.15) is 41.6 Å². The highest BCUT2D eigenvalue weighted by Gasteiger charge is 2.42. The van der Waals surface area contributed by atoms with E-state index in [4.69, 9.17) is 10.5 Å². The molecule has 1 aliphatic heterocycles. The molecule has 1 saturated heterocycles. The van der Waals surface area contributed by atoms with Crippen LogP contribution in [0.2, 0.25) is 0 Å². The van der Waals surface area contributed by atoms with E-state index in [0.717, 1.165) is 12.1 Å². The number of hydrogen-bond donors (Lipinski definition) is 1. The van der Waals surface area contributed by atoms with Gasteiger partial charge in [-0.25, -0.2) is 9.78 Å². The number of halogens is 3. The summed E-state index contributed by atoms with van der Waals surface area (Å²) >= 11 is 0. The first-order valence-electron chi connectivity index (χ1n) is 10.4. The number of pyridine rings is 1. The maximum absolute atomic E-state index is 12.9. The van der Waals surface area contributed by atoms with Crippen molar-refractivity contribution in [3.63, 3.8) is 0 Å². The Balaban J connectivity index is 1.39. The second kappa shape index (κ2) is 8.72. The van der Waals surface area contributed by atoms with Crippen LogP contribution in [0.15, 0.2) is 42.6 Å². The number of amides is 4. The van der Waals surface area contributed by atoms with E-state index in [1.165, 1.54) is 34.2 Å². The van der Waals surface area contributed by atoms with E-state index in [-0.39, 0.29) is 35.8 Å². The predicted molar refractivity (Wildman–Crippen MR) is 110 cm³/mol. The van der Waals surface area contributed by atoms with Crippen molar-refractivity contribution in [3.05, 3.63) is 53.7 Å². The van der Waals surface area contributed by atoms with Gasteiger partial charge in [0.05, 0.1) is 5.56 Å². The van der Waals surface area contributed by atoms with Gasteiger partial charge in [-0.1, -0.05) is 0 Å². The molecule has 2 fully saturated rings. The fourth-order valence-corrected chi connectivity index (χ4v) is 4.16. The van der Waals surface area contributed by atoms with Crippen molar-refractivity contribution >= 4 is 23.5 Å². The number of hydrogen-bond acceptors (Lipinski definition) is 5. The molecule has 1 aliphatic carbocycles. The Bertz CT molecular complexity index is 1070. The van der Waals surface area contributed by atoms with E-state index in [1.807, 2.05) is 0 Å². The Kier molecular flexibility index (Phi) is 5.96. The van der Waals surface area contributed by atoms with E-state index >= 15 is 0 Å². The average molecular weight is 462 g/mol. The Hall–Kier alpha value is -3.63. The van der Waals surface area contributed by atoms with Crippen LogP contribution in [-0.2, 0) is 11.0 Å². The van der Waals surface area contributed by atoms with Crippen molar-refractivity contribution in [2.24, 2.45) is 5.73 Å². The van der Waals surface area contributed by atoms with Crippen molar-refractivity contribution in [2.75, 3.05) is 11.4 Å². The summed E-state index contributed by atoms with van der Waals surface area (Å²) in [6.07, 6.45) is -1.22. The number of primary amides is 1. The van der Waals surface area contributed by atoms with E-state index in [9.17, 15) is 27.6 Å². The summed E-state index contributed by atoms with van der Waals surface area (Å²) in [5.74, 6) is -0.899. The normalized spacial score (nSPS) is 21.4. The van der Waals surface area contributed by atoms with Crippen molar-refractivity contribution < 1.29 is 32.3 Å². The number of ether oxygens (including phenoxy) is 1. The van der Waals surface area contributed by atoms with Crippen molar-refractivity contribution in [1.29, 1.82) is 0 Å². The highest BCUT2D eigenvalue weighted by Crippen LogP contribution is 2.33. The molecule has 4 rings (SSSR count). The quantitative estimate of drug-likeness (QED) is 0.686. The molecule has 2 N–H and O–H groups in total. The topological polar surface area (TPSA) is 106 Å². The van der Waals surface area contributed by atoms with Crippen LogP contribution in [0, 0.1) is 0 Å². The minimum absolute atomic E-state index is 0.148. The van der Waals surface area contributed by atoms with E-state index in [2.05, 4.69) is 4.98 Å². The number of carbonyl (C=O) groups is 3. The van der Waals surface area contributed by atoms with Crippen LogP contribution >= 0.6 is 0 Å². The van der Waals surface area contributed by atoms with Gasteiger partial charge in [0.1, 0.15) is 18.2 Å². The summed E-state index contributed by atoms with van der Waals surface area (Å²) in [7, 11) is 0. The average Bonchev–Trinajstić information content (AvgIpc) is 3.08. The van der Waals surface area contributed by atoms with Crippen LogP contribution in [0.4, 0.5) is 23.7 Å². The van der Waals surface area contributed by atoms with Crippen LogP contribution in [-0.4, -0.2) is 46.4 Å². The third kappa shape index (κ3) is 4.62. The zero-order valence-electron chi connectivity index (χ0n) is 17.4. The standard InChI is InChI=1S/C22H21F3N4O4/c23-22(24,25)13-3-5-14(6-4-13)28-12-18(30)29(21(28)32)15-7-9-16(10-8-15)33-20-17(19(26)31)2-1-11-27-20/h1-6,11,15-16H,7-10,12H2,(H2,26,31). The molecular weight excluding hydrogens is 441 g/mol. The molecule has 2 heterocycles. The maximum atomic E-state index is 12.9. The predicted octanol–water partition coefficient (Wildman–Crippen LogP) is 3.36. The molecule has 33 heavy (non-hydrogen) atoms. The summed E-state index contributed by atoms with van der Waals surface area (Å²) in [5, 5.41) is 0. The number of nitrogens with two attached hydrogens (primary N) is 1. The lowest BCUT2D eigenvalue weighted by Crippen LogP contribution is -2.44. The van der Waals surface area contributed by atoms with E-state index < -0.39 is 29.6 Å². The van der Waals surface area contributed by atoms with Crippen LogP contribution in [0.25, 0.3) is 0 Å². The largest absolute Gasteiger partial charge is 0.474 e. The molecule has 1 aromatic heterocycles. The molecule has 4 amide bonds. The lowest BCUT2D eigenvalue weighted by molar-refractivity contribution is -0.137. The van der Waals surface area contributed by atoms with Gasteiger partial charge in [0.25, 0.3) is 11.8 Å². The number of rotatable bonds is 5. The lowest BCUT2D eigenvalue weighted by atomic mass is 9.92. The maximum Gasteiger partial charge on any atom is 0.416 e. The highest BCUT2D eigenvalue weighted by atomic mass is 19.4. The van der Waals surface area contributed by atoms with Gasteiger partial charge in [-0.3, -0.25) is 19.4 Å². The van der Waals surface area contributed by atoms with Gasteiger partial charge < -0.3 is 10.5 Å². The fourth-order valence-electron chi connectivity index (χ4n) is 4.16. The molecule has 11 heteroatoms. The van der Waals surface area contributed by atoms with Crippen LogP contribution in [0.5, 0.6) is 5.88 Å². The summed E-state index contributed by atoms with van der Waals surface area (Å²) in [5.41, 5.74) is 4.93. The Labute approximate surface area is 187 Å². The Morgan fingerprint density at radius 2 is 1.73 bits per heavy atom. The van der Waals surface area contributed by atoms with E-state index in [1.54, 1.807) is 6.07 Å². The molecule has 0 atom stereocenters. The first-order valence-corrected chi connectivity index (χ1v) is 10.4. The highest BCUT2D eigenvalue weighted by molar-refractivity contribution is 6.12. The third-order valence-corrected chi connectivity index (χ3v) is 5.83. The zero-order valence-corrected chi connectivity index (χ0v) is 17.4. The number of anilines is 1. The van der Waals surface area contributed by atoms with Gasteiger partial charge in [0, 0.05) is 17.9 Å². The smallest absolute Gasteiger partial charge is 0.416 e. The van der Waals surface area contributed by atoms with E-state index in [0.29, 0.717) is 25.7 Å². The minimum Gasteiger partial charge on any atom is -0.474 e. The number of imide groups is 1. The molecule has 1 saturated carbocycles. The molecule has 2 aliphatic rings. The second-order valence-corrected chi connectivity index (χ2v) is 7.95. The molecule has 174 valence electrons. The Morgan fingerprint density at radius 1 is 1.06 bits per heavy atom. The molecule has 2 aromatic rings. The number of nitrogens with zero attached hydrogens (tertiary/aromatic N) is 3. The SMILES string of the molecule is NC(=O)c1cccnc1OC1CCC(N2C(=O)CN(c3ccc(C(F)(F)F)cc3)C2=O)CC1. The van der Waals surface area contributed by atoms with Gasteiger partial charge in [0.15, 0.2) is 0 Å². The van der Waals surface area contributed by atoms with Crippen LogP contribution in [0.3, 0.4) is 0 Å². The monoisotopic (exact) mass is 462 g/mol. The third-order valence-electron chi connectivity index (χ3n) is 5.83. The molecule has 0 bridgehead atoms. The molecule has 0 unspecified atom stereocenters. The van der Waals surface area contributed by atoms with Gasteiger partial charge in [-0.05, 0) is 62.1 Å². The number of carbonyl (C=O) groups excluding carboxylic acids is 3. The summed E-state index contributed by atoms with van der Waals surface area (Å²) in [6.45, 7) is -0.226. The first-order chi connectivity index (χ1) is 15.6. The van der Waals surface area contributed by atoms with Crippen molar-refractivity contribution in [2.45, 2.75) is 44.0 Å². The minimum atomic E-state index is -4.48. The molecule has 8 nitrogen and oxygen atoms in total. The Morgan fingerprint density at radius 3 is 2.33 bits per heavy atom. The van der Waals surface area contributed by atoms with Crippen molar-refractivity contribution in [1.82, 2.24) is 9.88 Å². The summed E-state index contributed by atoms with van der Waals surface area (Å²) in [4.78, 5) is 43.4. The number of urea groups is 1. The molecular formula is C22H21F3N4O4. The van der Waals surface area contributed by atoms with Gasteiger partial charge >= 0.3 is 12.2 Å². The fraction of sp³-hybridized carbons (Fsp3) is 0.364. The summed E-state index contributed by atoms with van der Waals surface area (Å²) < 4.78 is 44.2. The molecule has 0 radical (unpaired) electrons. The summed E-state index contributed by atoms with van der Waals surface area (Å²) in [6, 6.07) is 6.35. The number of alkyl halides is 3. The lowest BCUT2D eigenvalue weighted by Gasteiger charge is -2.33. The van der Waals surface area contributed by atoms with Crippen LogP contribution < -0.4 is 15.4 Å². The van der Waals surface area contributed by atoms with Gasteiger partial charge in [-0.2, -0.15) is 13.2 Å². The molecule has 1 aromatic carbocycles. The second-order valence-electron chi connectivity index (χ2n) is 7.95. The zero-order chi connectivity index (χ0) is 23.8. The first kappa shape index (κ1) is 22.6. The van der Waals surface area contributed by atoms with Gasteiger partial charge in [0.2, 0.25) is 5.88 Å². The number of aromatic nitrogens is 1. The van der Waals surface area contributed by atoms with Gasteiger partial charge in [-0.15, -0.1) is 0 Å². The number of benzene rings is 1. The molecule has 0 spiro atoms.